The predicted octanol–water partition coefficient (Wildman–Crippen LogP) is 4.20. The molecule has 0 radical (unpaired) electrons. The van der Waals surface area contributed by atoms with Crippen molar-refractivity contribution in [3.8, 4) is 0 Å². The number of rotatable bonds is 10. The monoisotopic (exact) mass is 805 g/mol. The third-order valence-electron chi connectivity index (χ3n) is 9.18. The van der Waals surface area contributed by atoms with Crippen LogP contribution < -0.4 is 10.3 Å². The molecular formula is C35H37N2O12S4+. The molecule has 0 unspecified atom stereocenters. The summed E-state index contributed by atoms with van der Waals surface area (Å²) < 4.78 is 136. The van der Waals surface area contributed by atoms with Gasteiger partial charge >= 0.3 is 0 Å². The number of benzene rings is 4. The molecular weight excluding hydrogens is 769 g/mol. The Labute approximate surface area is 307 Å². The maximum Gasteiger partial charge on any atom is 0.295 e. The molecule has 0 bridgehead atoms. The summed E-state index contributed by atoms with van der Waals surface area (Å²) in [6, 6.07) is 11.4. The van der Waals surface area contributed by atoms with Crippen LogP contribution in [0.1, 0.15) is 45.7 Å². The Balaban J connectivity index is 1.53. The average molecular weight is 806 g/mol. The summed E-state index contributed by atoms with van der Waals surface area (Å²) >= 11 is 0. The lowest BCUT2D eigenvalue weighted by Crippen LogP contribution is -2.75. The van der Waals surface area contributed by atoms with E-state index in [1.807, 2.05) is 34.6 Å². The van der Waals surface area contributed by atoms with Gasteiger partial charge in [-0.3, -0.25) is 18.2 Å². The highest BCUT2D eigenvalue weighted by molar-refractivity contribution is 7.87. The molecule has 6 N–H and O–H groups in total. The molecule has 5 rings (SSSR count). The van der Waals surface area contributed by atoms with Gasteiger partial charge in [0.25, 0.3) is 40.5 Å². The molecule has 4 aromatic carbocycles. The number of hydrogen-bond acceptors (Lipinski definition) is 9. The van der Waals surface area contributed by atoms with E-state index >= 15 is 0 Å². The highest BCUT2D eigenvalue weighted by Crippen LogP contribution is 2.48. The first-order valence-corrected chi connectivity index (χ1v) is 21.6. The second-order valence-electron chi connectivity index (χ2n) is 13.4. The predicted molar refractivity (Wildman–Crippen MR) is 200 cm³/mol. The summed E-state index contributed by atoms with van der Waals surface area (Å²) in [6.45, 7) is 9.68. The van der Waals surface area contributed by atoms with Gasteiger partial charge in [0, 0.05) is 33.6 Å². The zero-order valence-corrected chi connectivity index (χ0v) is 32.2. The molecule has 4 aromatic rings. The fourth-order valence-corrected chi connectivity index (χ4v) is 9.31. The van der Waals surface area contributed by atoms with Crippen LogP contribution in [0.15, 0.2) is 110 Å². The molecule has 282 valence electrons. The molecule has 0 saturated heterocycles. The van der Waals surface area contributed by atoms with Gasteiger partial charge in [0.2, 0.25) is 0 Å². The number of nitrogens with one attached hydrogen (secondary N) is 2. The molecule has 1 aliphatic rings. The highest BCUT2D eigenvalue weighted by Gasteiger charge is 2.38. The second-order valence-corrected chi connectivity index (χ2v) is 19.0. The van der Waals surface area contributed by atoms with Crippen molar-refractivity contribution in [2.75, 3.05) is 11.9 Å². The lowest BCUT2D eigenvalue weighted by atomic mass is 9.77. The maximum atomic E-state index is 12.3. The molecule has 0 saturated carbocycles. The summed E-state index contributed by atoms with van der Waals surface area (Å²) in [7, 11) is -19.4. The van der Waals surface area contributed by atoms with E-state index in [-0.39, 0.29) is 21.5 Å². The minimum Gasteiger partial charge on any atom is -0.358 e. The van der Waals surface area contributed by atoms with E-state index < -0.39 is 70.9 Å². The van der Waals surface area contributed by atoms with Gasteiger partial charge in [0.15, 0.2) is 5.71 Å². The number of fused-ring (bicyclic) bond motifs is 4. The standard InChI is InChI=1S/C35H36N2O12S4/c1-6-36-31(34(2,3)27-12-10-11-23-25(27)17-21(50(38,39)40)19-29(23)52(44,45)46)13-8-7-9-14-32-35(4,5)33-26-18-22(51(41,42)43)20-30(53(47,48)49)24(26)15-16-28(33)37-32/h7-20,37H,6H2,1-5H3,(H,38,39,40)(H,41,42,43)(H,44,45,46)(H,47,48,49)/p+1/b9-7+,13-8+,32-14+,36-31?. The molecule has 53 heavy (non-hydrogen) atoms. The topological polar surface area (TPSA) is 243 Å². The molecule has 14 nitrogen and oxygen atoms in total. The lowest BCUT2D eigenvalue weighted by Gasteiger charge is -2.24. The van der Waals surface area contributed by atoms with Gasteiger partial charge < -0.3 is 5.32 Å². The van der Waals surface area contributed by atoms with Gasteiger partial charge in [-0.15, -0.1) is 0 Å². The molecule has 0 aromatic heterocycles. The maximum absolute atomic E-state index is 12.3. The Morgan fingerprint density at radius 1 is 0.717 bits per heavy atom. The van der Waals surface area contributed by atoms with Gasteiger partial charge in [-0.25, -0.2) is 4.99 Å². The molecule has 0 atom stereocenters. The van der Waals surface area contributed by atoms with Crippen molar-refractivity contribution in [1.82, 2.24) is 0 Å². The molecule has 1 aliphatic heterocycles. The highest BCUT2D eigenvalue weighted by atomic mass is 32.2. The minimum atomic E-state index is -4.89. The van der Waals surface area contributed by atoms with Crippen molar-refractivity contribution >= 4 is 73.4 Å². The molecule has 18 heteroatoms. The van der Waals surface area contributed by atoms with Gasteiger partial charge in [-0.1, -0.05) is 56.3 Å². The molecule has 1 heterocycles. The van der Waals surface area contributed by atoms with E-state index in [9.17, 15) is 51.9 Å². The van der Waals surface area contributed by atoms with Crippen LogP contribution in [0.25, 0.3) is 21.5 Å². The summed E-state index contributed by atoms with van der Waals surface area (Å²) in [5.41, 5.74) is 1.15. The largest absolute Gasteiger partial charge is 0.358 e. The molecule has 0 fully saturated rings. The summed E-state index contributed by atoms with van der Waals surface area (Å²) in [6.07, 6.45) is 8.73. The molecule has 0 aliphatic carbocycles. The molecule has 0 spiro atoms. The van der Waals surface area contributed by atoms with Crippen molar-refractivity contribution in [2.45, 2.75) is 65.0 Å². The van der Waals surface area contributed by atoms with Crippen LogP contribution in [0.4, 0.5) is 5.69 Å². The van der Waals surface area contributed by atoms with Gasteiger partial charge in [-0.05, 0) is 79.1 Å². The van der Waals surface area contributed by atoms with Crippen LogP contribution >= 0.6 is 0 Å². The van der Waals surface area contributed by atoms with Crippen molar-refractivity contribution in [3.05, 3.63) is 102 Å². The number of anilines is 1. The van der Waals surface area contributed by atoms with Crippen molar-refractivity contribution in [1.29, 1.82) is 0 Å². The van der Waals surface area contributed by atoms with Gasteiger partial charge in [-0.2, -0.15) is 33.7 Å². The first-order chi connectivity index (χ1) is 24.3. The van der Waals surface area contributed by atoms with Crippen LogP contribution in [0.5, 0.6) is 0 Å². The first kappa shape index (κ1) is 39.9. The quantitative estimate of drug-likeness (QED) is 0.0749. The lowest BCUT2D eigenvalue weighted by molar-refractivity contribution is -0.454. The second kappa shape index (κ2) is 13.5. The Bertz CT molecular complexity index is 2780. The SMILES string of the molecule is CC[NH+]=C(/C=C/C=C/C=C1/Nc2ccc3c(S(=O)(=O)O)cc(S(=O)(=O)O)cc3c2C1(C)C)C(C)(C)c1cccc2c(S(=O)(=O)O)cc(S(=O)(=O)O)cc12. The minimum absolute atomic E-state index is 0.0562. The smallest absolute Gasteiger partial charge is 0.295 e. The van der Waals surface area contributed by atoms with Crippen LogP contribution in [0, 0.1) is 0 Å². The summed E-state index contributed by atoms with van der Waals surface area (Å²) in [4.78, 5) is 0.559. The van der Waals surface area contributed by atoms with Gasteiger partial charge in [0.1, 0.15) is 16.3 Å². The van der Waals surface area contributed by atoms with Crippen molar-refractivity contribution in [2.24, 2.45) is 0 Å². The van der Waals surface area contributed by atoms with E-state index in [0.29, 0.717) is 46.9 Å². The van der Waals surface area contributed by atoms with E-state index in [1.165, 1.54) is 12.1 Å². The van der Waals surface area contributed by atoms with Crippen LogP contribution in [0.2, 0.25) is 0 Å². The van der Waals surface area contributed by atoms with Crippen LogP contribution in [-0.4, -0.2) is 64.1 Å². The zero-order valence-electron chi connectivity index (χ0n) is 29.0. The number of hydrogen-bond donors (Lipinski definition) is 6. The van der Waals surface area contributed by atoms with E-state index in [0.717, 1.165) is 12.1 Å². The third-order valence-corrected chi connectivity index (χ3v) is 12.6. The Morgan fingerprint density at radius 2 is 1.26 bits per heavy atom. The van der Waals surface area contributed by atoms with E-state index in [1.54, 1.807) is 48.6 Å². The van der Waals surface area contributed by atoms with Gasteiger partial charge in [0.05, 0.1) is 15.2 Å². The summed E-state index contributed by atoms with van der Waals surface area (Å²) in [5.74, 6) is 0. The Hall–Kier alpha value is -4.27. The fourth-order valence-electron chi connectivity index (χ4n) is 6.63. The third kappa shape index (κ3) is 7.72. The normalized spacial score (nSPS) is 16.6. The average Bonchev–Trinajstić information content (AvgIpc) is 3.30. The Morgan fingerprint density at radius 3 is 1.79 bits per heavy atom. The molecule has 0 amide bonds. The fraction of sp³-hybridized carbons (Fsp3) is 0.229. The van der Waals surface area contributed by atoms with Crippen LogP contribution in [0.3, 0.4) is 0 Å². The zero-order chi connectivity index (χ0) is 39.5. The Kier molecular flexibility index (Phi) is 10.2. The first-order valence-electron chi connectivity index (χ1n) is 15.8. The van der Waals surface area contributed by atoms with Crippen LogP contribution in [-0.2, 0) is 51.3 Å². The van der Waals surface area contributed by atoms with E-state index in [2.05, 4.69) is 10.3 Å². The van der Waals surface area contributed by atoms with Crippen molar-refractivity contribution in [3.63, 3.8) is 0 Å². The van der Waals surface area contributed by atoms with Crippen molar-refractivity contribution < 1.29 is 56.9 Å². The number of allylic oxidation sites excluding steroid dienone is 6. The van der Waals surface area contributed by atoms with E-state index in [4.69, 9.17) is 0 Å². The summed E-state index contributed by atoms with van der Waals surface area (Å²) in [5, 5.41) is 3.77.